The molecular formula is C19H24N2O. The minimum absolute atomic E-state index is 0.709. The number of ether oxygens (including phenoxy) is 1. The fraction of sp³-hybridized carbons (Fsp3) is 0.526. The highest BCUT2D eigenvalue weighted by Crippen LogP contribution is 2.46. The molecule has 0 aliphatic heterocycles. The van der Waals surface area contributed by atoms with E-state index in [2.05, 4.69) is 23.7 Å². The molecule has 3 nitrogen and oxygen atoms in total. The van der Waals surface area contributed by atoms with Gasteiger partial charge in [-0.25, -0.2) is 4.68 Å². The molecular weight excluding hydrogens is 272 g/mol. The van der Waals surface area contributed by atoms with Crippen molar-refractivity contribution < 1.29 is 4.74 Å². The summed E-state index contributed by atoms with van der Waals surface area (Å²) in [7, 11) is 1.71. The van der Waals surface area contributed by atoms with Gasteiger partial charge in [-0.3, -0.25) is 0 Å². The van der Waals surface area contributed by atoms with Crippen LogP contribution in [0.5, 0.6) is 5.75 Å². The first-order valence-corrected chi connectivity index (χ1v) is 8.50. The molecule has 0 spiro atoms. The van der Waals surface area contributed by atoms with Crippen molar-refractivity contribution >= 4 is 0 Å². The lowest BCUT2D eigenvalue weighted by molar-refractivity contribution is 0.268. The Hall–Kier alpha value is -1.77. The first-order valence-electron chi connectivity index (χ1n) is 8.50. The van der Waals surface area contributed by atoms with Crippen LogP contribution in [0.1, 0.15) is 55.0 Å². The molecule has 0 saturated heterocycles. The van der Waals surface area contributed by atoms with Gasteiger partial charge in [-0.15, -0.1) is 0 Å². The normalized spacial score (nSPS) is 23.7. The van der Waals surface area contributed by atoms with Gasteiger partial charge in [-0.2, -0.15) is 5.10 Å². The third kappa shape index (κ3) is 2.15. The Kier molecular flexibility index (Phi) is 3.44. The van der Waals surface area contributed by atoms with E-state index < -0.39 is 0 Å². The van der Waals surface area contributed by atoms with Gasteiger partial charge in [0.2, 0.25) is 0 Å². The molecule has 2 aromatic rings. The highest BCUT2D eigenvalue weighted by atomic mass is 16.5. The average molecular weight is 296 g/mol. The van der Waals surface area contributed by atoms with Crippen molar-refractivity contribution in [2.45, 2.75) is 51.4 Å². The monoisotopic (exact) mass is 296 g/mol. The van der Waals surface area contributed by atoms with E-state index >= 15 is 0 Å². The first-order chi connectivity index (χ1) is 10.8. The highest BCUT2D eigenvalue weighted by Gasteiger charge is 2.35. The number of aryl methyl sites for hydroxylation is 1. The number of fused-ring (bicyclic) bond motifs is 3. The minimum Gasteiger partial charge on any atom is -0.497 e. The molecule has 1 fully saturated rings. The Labute approximate surface area is 132 Å². The van der Waals surface area contributed by atoms with Crippen LogP contribution in [0.4, 0.5) is 0 Å². The SMILES string of the molecule is COc1ccc(-n2nc(C)c3c2C2CCCCC2CC3)cc1. The van der Waals surface area contributed by atoms with Gasteiger partial charge in [0.25, 0.3) is 0 Å². The van der Waals surface area contributed by atoms with Crippen LogP contribution in [0.3, 0.4) is 0 Å². The zero-order valence-corrected chi connectivity index (χ0v) is 13.5. The molecule has 1 saturated carbocycles. The maximum atomic E-state index is 5.28. The van der Waals surface area contributed by atoms with E-state index in [0.29, 0.717) is 5.92 Å². The molecule has 0 bridgehead atoms. The Bertz CT molecular complexity index is 671. The molecule has 2 aliphatic carbocycles. The summed E-state index contributed by atoms with van der Waals surface area (Å²) in [5, 5.41) is 4.88. The quantitative estimate of drug-likeness (QED) is 0.821. The second-order valence-corrected chi connectivity index (χ2v) is 6.75. The summed E-state index contributed by atoms with van der Waals surface area (Å²) in [5.41, 5.74) is 5.39. The molecule has 0 amide bonds. The summed E-state index contributed by atoms with van der Waals surface area (Å²) in [5.74, 6) is 2.48. The van der Waals surface area contributed by atoms with E-state index in [9.17, 15) is 0 Å². The molecule has 22 heavy (non-hydrogen) atoms. The standard InChI is InChI=1S/C19H24N2O/c1-13-17-12-7-14-5-3-4-6-18(14)19(17)21(20-13)15-8-10-16(22-2)11-9-15/h8-11,14,18H,3-7,12H2,1-2H3. The summed E-state index contributed by atoms with van der Waals surface area (Å²) in [6, 6.07) is 8.30. The van der Waals surface area contributed by atoms with Gasteiger partial charge in [-0.05, 0) is 68.4 Å². The van der Waals surface area contributed by atoms with Crippen LogP contribution in [-0.2, 0) is 6.42 Å². The van der Waals surface area contributed by atoms with Crippen molar-refractivity contribution in [3.63, 3.8) is 0 Å². The number of hydrogen-bond acceptors (Lipinski definition) is 2. The Morgan fingerprint density at radius 2 is 1.86 bits per heavy atom. The van der Waals surface area contributed by atoms with Crippen molar-refractivity contribution in [2.75, 3.05) is 7.11 Å². The van der Waals surface area contributed by atoms with Crippen molar-refractivity contribution in [2.24, 2.45) is 5.92 Å². The lowest BCUT2D eigenvalue weighted by Gasteiger charge is -2.36. The van der Waals surface area contributed by atoms with Crippen LogP contribution in [-0.4, -0.2) is 16.9 Å². The average Bonchev–Trinajstić information content (AvgIpc) is 2.92. The largest absolute Gasteiger partial charge is 0.497 e. The van der Waals surface area contributed by atoms with Crippen LogP contribution >= 0.6 is 0 Å². The fourth-order valence-electron chi connectivity index (χ4n) is 4.43. The van der Waals surface area contributed by atoms with Crippen LogP contribution in [0.15, 0.2) is 24.3 Å². The van der Waals surface area contributed by atoms with Gasteiger partial charge in [0.1, 0.15) is 5.75 Å². The summed E-state index contributed by atoms with van der Waals surface area (Å²) < 4.78 is 7.49. The maximum absolute atomic E-state index is 5.28. The van der Waals surface area contributed by atoms with E-state index in [1.807, 2.05) is 12.1 Å². The van der Waals surface area contributed by atoms with Crippen LogP contribution in [0.2, 0.25) is 0 Å². The van der Waals surface area contributed by atoms with Gasteiger partial charge in [0, 0.05) is 5.92 Å². The van der Waals surface area contributed by atoms with Crippen molar-refractivity contribution in [3.8, 4) is 11.4 Å². The summed E-state index contributed by atoms with van der Waals surface area (Å²) >= 11 is 0. The van der Waals surface area contributed by atoms with E-state index in [4.69, 9.17) is 9.84 Å². The van der Waals surface area contributed by atoms with Gasteiger partial charge >= 0.3 is 0 Å². The van der Waals surface area contributed by atoms with Gasteiger partial charge in [0.15, 0.2) is 0 Å². The van der Waals surface area contributed by atoms with Gasteiger partial charge < -0.3 is 4.74 Å². The Morgan fingerprint density at radius 3 is 2.64 bits per heavy atom. The van der Waals surface area contributed by atoms with Crippen molar-refractivity contribution in [1.82, 2.24) is 9.78 Å². The summed E-state index contributed by atoms with van der Waals surface area (Å²) in [4.78, 5) is 0. The maximum Gasteiger partial charge on any atom is 0.119 e. The zero-order valence-electron chi connectivity index (χ0n) is 13.5. The molecule has 2 atom stereocenters. The second-order valence-electron chi connectivity index (χ2n) is 6.75. The molecule has 3 heteroatoms. The molecule has 0 N–H and O–H groups in total. The molecule has 1 aromatic carbocycles. The predicted octanol–water partition coefficient (Wildman–Crippen LogP) is 4.41. The van der Waals surface area contributed by atoms with Gasteiger partial charge in [-0.1, -0.05) is 12.8 Å². The van der Waals surface area contributed by atoms with Gasteiger partial charge in [0.05, 0.1) is 24.2 Å². The smallest absolute Gasteiger partial charge is 0.119 e. The second kappa shape index (κ2) is 5.45. The fourth-order valence-corrected chi connectivity index (χ4v) is 4.43. The minimum atomic E-state index is 0.709. The third-order valence-electron chi connectivity index (χ3n) is 5.57. The molecule has 4 rings (SSSR count). The van der Waals surface area contributed by atoms with Crippen LogP contribution in [0.25, 0.3) is 5.69 Å². The van der Waals surface area contributed by atoms with Crippen LogP contribution in [0, 0.1) is 12.8 Å². The highest BCUT2D eigenvalue weighted by molar-refractivity contribution is 5.43. The van der Waals surface area contributed by atoms with E-state index in [0.717, 1.165) is 17.4 Å². The zero-order chi connectivity index (χ0) is 15.1. The molecule has 2 aliphatic rings. The predicted molar refractivity (Wildman–Crippen MR) is 87.9 cm³/mol. The Morgan fingerprint density at radius 1 is 1.09 bits per heavy atom. The number of hydrogen-bond donors (Lipinski definition) is 0. The molecule has 0 radical (unpaired) electrons. The molecule has 1 aromatic heterocycles. The number of nitrogens with zero attached hydrogens (tertiary/aromatic N) is 2. The van der Waals surface area contributed by atoms with Crippen LogP contribution < -0.4 is 4.74 Å². The number of benzene rings is 1. The molecule has 1 heterocycles. The van der Waals surface area contributed by atoms with E-state index in [1.54, 1.807) is 7.11 Å². The summed E-state index contributed by atoms with van der Waals surface area (Å²) in [6.07, 6.45) is 8.07. The van der Waals surface area contributed by atoms with E-state index in [-0.39, 0.29) is 0 Å². The number of methoxy groups -OCH3 is 1. The molecule has 116 valence electrons. The first kappa shape index (κ1) is 13.9. The molecule has 2 unspecified atom stereocenters. The number of rotatable bonds is 2. The van der Waals surface area contributed by atoms with Crippen molar-refractivity contribution in [3.05, 3.63) is 41.2 Å². The third-order valence-corrected chi connectivity index (χ3v) is 5.57. The summed E-state index contributed by atoms with van der Waals surface area (Å²) in [6.45, 7) is 2.17. The Balaban J connectivity index is 1.80. The van der Waals surface area contributed by atoms with E-state index in [1.165, 1.54) is 55.5 Å². The lowest BCUT2D eigenvalue weighted by atomic mass is 9.70. The lowest BCUT2D eigenvalue weighted by Crippen LogP contribution is -2.25. The van der Waals surface area contributed by atoms with Crippen molar-refractivity contribution in [1.29, 1.82) is 0 Å². The topological polar surface area (TPSA) is 27.1 Å². The number of aromatic nitrogens is 2.